The molecule has 5 heteroatoms. The Hall–Kier alpha value is -1.88. The van der Waals surface area contributed by atoms with Crippen LogP contribution in [-0.2, 0) is 6.42 Å². The summed E-state index contributed by atoms with van der Waals surface area (Å²) in [7, 11) is 1.79. The van der Waals surface area contributed by atoms with Crippen molar-refractivity contribution in [2.45, 2.75) is 6.42 Å². The lowest BCUT2D eigenvalue weighted by Crippen LogP contribution is -2.28. The number of nitrogens with zero attached hydrogens (tertiary/aromatic N) is 2. The highest BCUT2D eigenvalue weighted by atomic mass is 32.1. The molecular weight excluding hydrogens is 246 g/mol. The maximum atomic E-state index is 12.1. The highest BCUT2D eigenvalue weighted by molar-refractivity contribution is 7.12. The average molecular weight is 261 g/mol. The van der Waals surface area contributed by atoms with Crippen LogP contribution in [0.4, 0.5) is 5.69 Å². The van der Waals surface area contributed by atoms with E-state index >= 15 is 0 Å². The molecule has 0 unspecified atom stereocenters. The molecule has 2 aromatic rings. The number of carbonyl (C=O) groups excluding carboxylic acids is 1. The van der Waals surface area contributed by atoms with Crippen molar-refractivity contribution in [2.24, 2.45) is 0 Å². The second kappa shape index (κ2) is 5.64. The van der Waals surface area contributed by atoms with Crippen molar-refractivity contribution in [3.63, 3.8) is 0 Å². The van der Waals surface area contributed by atoms with Crippen molar-refractivity contribution in [3.05, 3.63) is 46.4 Å². The van der Waals surface area contributed by atoms with Crippen LogP contribution in [-0.4, -0.2) is 29.4 Å². The fraction of sp³-hybridized carbons (Fsp3) is 0.231. The molecule has 0 atom stereocenters. The molecule has 2 N–H and O–H groups in total. The lowest BCUT2D eigenvalue weighted by molar-refractivity contribution is 0.0802. The Kier molecular flexibility index (Phi) is 3.94. The Morgan fingerprint density at radius 2 is 2.11 bits per heavy atom. The molecule has 0 aliphatic heterocycles. The van der Waals surface area contributed by atoms with Crippen molar-refractivity contribution in [2.75, 3.05) is 19.3 Å². The summed E-state index contributed by atoms with van der Waals surface area (Å²) in [6, 6.07) is 5.67. The second-order valence-corrected chi connectivity index (χ2v) is 4.95. The van der Waals surface area contributed by atoms with E-state index in [1.807, 2.05) is 17.5 Å². The number of aromatic nitrogens is 1. The molecule has 0 bridgehead atoms. The van der Waals surface area contributed by atoms with Gasteiger partial charge in [-0.2, -0.15) is 0 Å². The summed E-state index contributed by atoms with van der Waals surface area (Å²) in [5.74, 6) is -0.0171. The highest BCUT2D eigenvalue weighted by Gasteiger charge is 2.15. The molecule has 0 radical (unpaired) electrons. The largest absolute Gasteiger partial charge is 0.397 e. The third-order valence-corrected chi connectivity index (χ3v) is 3.64. The molecule has 0 aliphatic carbocycles. The van der Waals surface area contributed by atoms with Gasteiger partial charge in [-0.05, 0) is 35.6 Å². The number of pyridine rings is 1. The first-order valence-electron chi connectivity index (χ1n) is 5.66. The monoisotopic (exact) mass is 261 g/mol. The number of carbonyl (C=O) groups is 1. The van der Waals surface area contributed by atoms with Crippen molar-refractivity contribution >= 4 is 22.9 Å². The zero-order valence-electron chi connectivity index (χ0n) is 10.2. The summed E-state index contributed by atoms with van der Waals surface area (Å²) in [6.45, 7) is 0.667. The molecular formula is C13H15N3OS. The van der Waals surface area contributed by atoms with E-state index in [1.165, 1.54) is 16.9 Å². The number of anilines is 1. The van der Waals surface area contributed by atoms with Crippen LogP contribution in [0.1, 0.15) is 15.2 Å². The molecule has 18 heavy (non-hydrogen) atoms. The minimum Gasteiger partial charge on any atom is -0.397 e. The standard InChI is InChI=1S/C13H15N3OS/c1-16(8-4-10-2-6-15-7-3-10)13(17)12-11(14)5-9-18-12/h2-3,5-7,9H,4,8,14H2,1H3. The predicted octanol–water partition coefficient (Wildman–Crippen LogP) is 2.04. The molecule has 4 nitrogen and oxygen atoms in total. The van der Waals surface area contributed by atoms with Gasteiger partial charge >= 0.3 is 0 Å². The molecule has 0 saturated heterocycles. The second-order valence-electron chi connectivity index (χ2n) is 4.04. The molecule has 0 spiro atoms. The first-order chi connectivity index (χ1) is 8.68. The number of nitrogen functional groups attached to an aromatic ring is 1. The molecule has 0 aliphatic rings. The van der Waals surface area contributed by atoms with E-state index < -0.39 is 0 Å². The minimum atomic E-state index is -0.0171. The Labute approximate surface area is 110 Å². The van der Waals surface area contributed by atoms with Gasteiger partial charge in [0.1, 0.15) is 4.88 Å². The Morgan fingerprint density at radius 1 is 1.39 bits per heavy atom. The van der Waals surface area contributed by atoms with Gasteiger partial charge in [0.2, 0.25) is 0 Å². The number of likely N-dealkylation sites (N-methyl/N-ethyl adjacent to an activating group) is 1. The van der Waals surface area contributed by atoms with Crippen LogP contribution < -0.4 is 5.73 Å². The van der Waals surface area contributed by atoms with Gasteiger partial charge < -0.3 is 10.6 Å². The number of amides is 1. The zero-order chi connectivity index (χ0) is 13.0. The highest BCUT2D eigenvalue weighted by Crippen LogP contribution is 2.20. The van der Waals surface area contributed by atoms with Crippen LogP contribution in [0.3, 0.4) is 0 Å². The summed E-state index contributed by atoms with van der Waals surface area (Å²) in [5.41, 5.74) is 7.47. The maximum absolute atomic E-state index is 12.1. The molecule has 2 aromatic heterocycles. The van der Waals surface area contributed by atoms with Gasteiger partial charge in [0.25, 0.3) is 5.91 Å². The van der Waals surface area contributed by atoms with Gasteiger partial charge in [0.05, 0.1) is 5.69 Å². The van der Waals surface area contributed by atoms with E-state index in [-0.39, 0.29) is 5.91 Å². The Morgan fingerprint density at radius 3 is 2.72 bits per heavy atom. The van der Waals surface area contributed by atoms with Crippen LogP contribution >= 0.6 is 11.3 Å². The fourth-order valence-corrected chi connectivity index (χ4v) is 2.43. The fourth-order valence-electron chi connectivity index (χ4n) is 1.61. The normalized spacial score (nSPS) is 10.3. The summed E-state index contributed by atoms with van der Waals surface area (Å²) >= 11 is 1.38. The molecule has 0 fully saturated rings. The molecule has 0 saturated carbocycles. The first-order valence-corrected chi connectivity index (χ1v) is 6.54. The predicted molar refractivity (Wildman–Crippen MR) is 73.6 cm³/mol. The van der Waals surface area contributed by atoms with Gasteiger partial charge in [-0.3, -0.25) is 9.78 Å². The van der Waals surface area contributed by atoms with Crippen LogP contribution in [0.15, 0.2) is 36.0 Å². The van der Waals surface area contributed by atoms with Gasteiger partial charge in [0.15, 0.2) is 0 Å². The number of rotatable bonds is 4. The number of nitrogens with two attached hydrogens (primary N) is 1. The summed E-state index contributed by atoms with van der Waals surface area (Å²) in [5, 5.41) is 1.83. The topological polar surface area (TPSA) is 59.2 Å². The van der Waals surface area contributed by atoms with E-state index in [0.717, 1.165) is 6.42 Å². The maximum Gasteiger partial charge on any atom is 0.265 e. The van der Waals surface area contributed by atoms with E-state index in [1.54, 1.807) is 30.4 Å². The van der Waals surface area contributed by atoms with Gasteiger partial charge in [-0.1, -0.05) is 0 Å². The Balaban J connectivity index is 1.95. The van der Waals surface area contributed by atoms with Crippen molar-refractivity contribution in [1.29, 1.82) is 0 Å². The van der Waals surface area contributed by atoms with Gasteiger partial charge in [0, 0.05) is 26.0 Å². The van der Waals surface area contributed by atoms with E-state index in [0.29, 0.717) is 17.1 Å². The van der Waals surface area contributed by atoms with Crippen LogP contribution in [0, 0.1) is 0 Å². The third-order valence-electron chi connectivity index (χ3n) is 2.72. The first kappa shape index (κ1) is 12.6. The average Bonchev–Trinajstić information content (AvgIpc) is 2.82. The lowest BCUT2D eigenvalue weighted by Gasteiger charge is -2.16. The van der Waals surface area contributed by atoms with Crippen molar-refractivity contribution < 1.29 is 4.79 Å². The number of hydrogen-bond donors (Lipinski definition) is 1. The van der Waals surface area contributed by atoms with Crippen LogP contribution in [0.25, 0.3) is 0 Å². The molecule has 2 heterocycles. The van der Waals surface area contributed by atoms with Crippen LogP contribution in [0.2, 0.25) is 0 Å². The van der Waals surface area contributed by atoms with E-state index in [4.69, 9.17) is 5.73 Å². The summed E-state index contributed by atoms with van der Waals surface area (Å²) in [6.07, 6.45) is 4.33. The van der Waals surface area contributed by atoms with Gasteiger partial charge in [-0.15, -0.1) is 11.3 Å². The molecule has 2 rings (SSSR count). The molecule has 0 aromatic carbocycles. The molecule has 1 amide bonds. The number of thiophene rings is 1. The SMILES string of the molecule is CN(CCc1ccncc1)C(=O)c1sccc1N. The summed E-state index contributed by atoms with van der Waals surface area (Å²) < 4.78 is 0. The lowest BCUT2D eigenvalue weighted by atomic mass is 10.2. The third kappa shape index (κ3) is 2.87. The smallest absolute Gasteiger partial charge is 0.265 e. The van der Waals surface area contributed by atoms with E-state index in [2.05, 4.69) is 4.98 Å². The van der Waals surface area contributed by atoms with Crippen LogP contribution in [0.5, 0.6) is 0 Å². The number of hydrogen-bond acceptors (Lipinski definition) is 4. The zero-order valence-corrected chi connectivity index (χ0v) is 11.0. The van der Waals surface area contributed by atoms with E-state index in [9.17, 15) is 4.79 Å². The Bertz CT molecular complexity index is 524. The van der Waals surface area contributed by atoms with Gasteiger partial charge in [-0.25, -0.2) is 0 Å². The van der Waals surface area contributed by atoms with Crippen molar-refractivity contribution in [1.82, 2.24) is 9.88 Å². The quantitative estimate of drug-likeness (QED) is 0.916. The molecule has 94 valence electrons. The summed E-state index contributed by atoms with van der Waals surface area (Å²) in [4.78, 5) is 18.4. The minimum absolute atomic E-state index is 0.0171. The van der Waals surface area contributed by atoms with Crippen molar-refractivity contribution in [3.8, 4) is 0 Å².